The minimum absolute atomic E-state index is 0.0571. The Balaban J connectivity index is 3.36. The summed E-state index contributed by atoms with van der Waals surface area (Å²) in [5, 5.41) is 10.6. The van der Waals surface area contributed by atoms with Crippen molar-refractivity contribution in [3.05, 3.63) is 39.4 Å². The first kappa shape index (κ1) is 16.4. The summed E-state index contributed by atoms with van der Waals surface area (Å²) in [6, 6.07) is 1.37. The summed E-state index contributed by atoms with van der Waals surface area (Å²) >= 11 is 0. The minimum Gasteiger partial charge on any atom is -0.258 e. The van der Waals surface area contributed by atoms with Crippen molar-refractivity contribution in [2.45, 2.75) is 32.4 Å². The van der Waals surface area contributed by atoms with E-state index in [4.69, 9.17) is 0 Å². The van der Waals surface area contributed by atoms with Crippen molar-refractivity contribution in [2.24, 2.45) is 4.40 Å². The Hall–Kier alpha value is -1.70. The van der Waals surface area contributed by atoms with Crippen molar-refractivity contribution >= 4 is 22.4 Å². The van der Waals surface area contributed by atoms with Gasteiger partial charge < -0.3 is 0 Å². The number of nitro benzene ring substituents is 1. The smallest absolute Gasteiger partial charge is 0.258 e. The molecule has 0 radical (unpaired) electrons. The van der Waals surface area contributed by atoms with Crippen LogP contribution >= 0.6 is 0 Å². The molecule has 0 N–H and O–H groups in total. The molecule has 0 aliphatic carbocycles. The average molecular weight is 304 g/mol. The highest BCUT2D eigenvalue weighted by Gasteiger charge is 2.22. The third-order valence-electron chi connectivity index (χ3n) is 2.36. The van der Waals surface area contributed by atoms with E-state index in [-0.39, 0.29) is 11.3 Å². The Morgan fingerprint density at radius 1 is 1.35 bits per heavy atom. The van der Waals surface area contributed by atoms with E-state index in [2.05, 4.69) is 4.40 Å². The van der Waals surface area contributed by atoms with Crippen LogP contribution < -0.4 is 0 Å². The summed E-state index contributed by atoms with van der Waals surface area (Å²) in [6.07, 6.45) is 0. The molecule has 110 valence electrons. The number of non-ortho nitro benzene ring substituents is 1. The van der Waals surface area contributed by atoms with Gasteiger partial charge >= 0.3 is 0 Å². The molecule has 0 bridgehead atoms. The highest BCUT2D eigenvalue weighted by molar-refractivity contribution is 7.85. The van der Waals surface area contributed by atoms with Crippen LogP contribution in [0.2, 0.25) is 0 Å². The Bertz CT molecular complexity index is 609. The summed E-state index contributed by atoms with van der Waals surface area (Å²) in [5.74, 6) is -2.59. The molecule has 8 heteroatoms. The Morgan fingerprint density at radius 3 is 2.35 bits per heavy atom. The van der Waals surface area contributed by atoms with Crippen LogP contribution in [0.3, 0.4) is 0 Å². The first-order chi connectivity index (χ1) is 9.04. The molecule has 0 spiro atoms. The van der Waals surface area contributed by atoms with Gasteiger partial charge in [0.1, 0.15) is 11.0 Å². The number of nitrogens with zero attached hydrogens (tertiary/aromatic N) is 2. The van der Waals surface area contributed by atoms with Crippen molar-refractivity contribution in [3.8, 4) is 0 Å². The summed E-state index contributed by atoms with van der Waals surface area (Å²) in [6.45, 7) is 6.34. The molecule has 0 heterocycles. The molecule has 1 rings (SSSR count). The second kappa shape index (κ2) is 5.74. The maximum atomic E-state index is 13.7. The van der Waals surface area contributed by atoms with E-state index in [0.29, 0.717) is 6.07 Å². The first-order valence-electron chi connectivity index (χ1n) is 5.65. The van der Waals surface area contributed by atoms with Gasteiger partial charge in [-0.25, -0.2) is 13.0 Å². The Labute approximate surface area is 117 Å². The van der Waals surface area contributed by atoms with Gasteiger partial charge in [0.25, 0.3) is 5.69 Å². The van der Waals surface area contributed by atoms with Crippen LogP contribution in [-0.2, 0) is 11.0 Å². The maximum absolute atomic E-state index is 13.7. The van der Waals surface area contributed by atoms with Crippen molar-refractivity contribution in [1.29, 1.82) is 0 Å². The first-order valence-corrected chi connectivity index (χ1v) is 6.76. The Morgan fingerprint density at radius 2 is 1.90 bits per heavy atom. The van der Waals surface area contributed by atoms with E-state index < -0.39 is 38.0 Å². The van der Waals surface area contributed by atoms with Crippen LogP contribution in [-0.4, -0.2) is 19.6 Å². The lowest BCUT2D eigenvalue weighted by atomic mass is 10.1. The van der Waals surface area contributed by atoms with Crippen molar-refractivity contribution in [2.75, 3.05) is 0 Å². The van der Waals surface area contributed by atoms with Gasteiger partial charge in [-0.15, -0.1) is 0 Å². The van der Waals surface area contributed by atoms with Gasteiger partial charge in [-0.05, 0) is 27.7 Å². The maximum Gasteiger partial charge on any atom is 0.273 e. The summed E-state index contributed by atoms with van der Waals surface area (Å²) in [7, 11) is -1.67. The molecule has 0 aliphatic rings. The van der Waals surface area contributed by atoms with Gasteiger partial charge in [0.15, 0.2) is 11.6 Å². The highest BCUT2D eigenvalue weighted by Crippen LogP contribution is 2.22. The van der Waals surface area contributed by atoms with Gasteiger partial charge in [-0.3, -0.25) is 10.1 Å². The molecule has 1 aromatic rings. The molecule has 20 heavy (non-hydrogen) atoms. The van der Waals surface area contributed by atoms with Crippen LogP contribution in [0.5, 0.6) is 0 Å². The zero-order chi connectivity index (χ0) is 15.7. The molecule has 0 unspecified atom stereocenters. The van der Waals surface area contributed by atoms with Gasteiger partial charge in [0.2, 0.25) is 0 Å². The summed E-state index contributed by atoms with van der Waals surface area (Å²) < 4.78 is 41.9. The number of benzene rings is 1. The van der Waals surface area contributed by atoms with Crippen LogP contribution in [0, 0.1) is 21.7 Å². The third kappa shape index (κ3) is 3.66. The molecule has 5 nitrogen and oxygen atoms in total. The number of hydrogen-bond donors (Lipinski definition) is 0. The fraction of sp³-hybridized carbons (Fsp3) is 0.417. The molecule has 1 atom stereocenters. The SMILES string of the molecule is CC(=N[S@](=O)C(C)(C)C)c1cc([N+](=O)[O-])cc(F)c1F. The number of nitro groups is 1. The second-order valence-electron chi connectivity index (χ2n) is 5.08. The summed E-state index contributed by atoms with van der Waals surface area (Å²) in [4.78, 5) is 9.80. The third-order valence-corrected chi connectivity index (χ3v) is 3.84. The number of rotatable bonds is 3. The van der Waals surface area contributed by atoms with Crippen LogP contribution in [0.4, 0.5) is 14.5 Å². The standard InChI is InChI=1S/C12H14F2N2O3S/c1-7(15-20(19)12(2,3)4)9-5-8(16(17)18)6-10(13)11(9)14/h5-6H,1-4H3/t20-/m1/s1. The largest absolute Gasteiger partial charge is 0.273 e. The number of halogens is 2. The minimum atomic E-state index is -1.67. The molecule has 0 fully saturated rings. The fourth-order valence-corrected chi connectivity index (χ4v) is 1.87. The van der Waals surface area contributed by atoms with E-state index in [1.807, 2.05) is 0 Å². The zero-order valence-electron chi connectivity index (χ0n) is 11.4. The van der Waals surface area contributed by atoms with Crippen molar-refractivity contribution in [1.82, 2.24) is 0 Å². The van der Waals surface area contributed by atoms with Gasteiger partial charge in [0, 0.05) is 11.6 Å². The number of hydrogen-bond acceptors (Lipinski definition) is 3. The van der Waals surface area contributed by atoms with Gasteiger partial charge in [0.05, 0.1) is 21.4 Å². The van der Waals surface area contributed by atoms with Crippen LogP contribution in [0.25, 0.3) is 0 Å². The molecule has 0 amide bonds. The predicted octanol–water partition coefficient (Wildman–Crippen LogP) is 3.14. The van der Waals surface area contributed by atoms with Gasteiger partial charge in [-0.1, -0.05) is 0 Å². The van der Waals surface area contributed by atoms with E-state index in [9.17, 15) is 23.1 Å². The molecule has 1 aromatic carbocycles. The lowest BCUT2D eigenvalue weighted by molar-refractivity contribution is -0.385. The van der Waals surface area contributed by atoms with E-state index in [1.165, 1.54) is 6.92 Å². The molecule has 0 aromatic heterocycles. The molecule has 0 saturated carbocycles. The van der Waals surface area contributed by atoms with Gasteiger partial charge in [-0.2, -0.15) is 4.40 Å². The van der Waals surface area contributed by atoms with E-state index in [0.717, 1.165) is 6.07 Å². The lowest BCUT2D eigenvalue weighted by Crippen LogP contribution is -2.21. The fourth-order valence-electron chi connectivity index (χ4n) is 1.25. The monoisotopic (exact) mass is 304 g/mol. The average Bonchev–Trinajstić information content (AvgIpc) is 2.30. The summed E-state index contributed by atoms with van der Waals surface area (Å²) in [5.41, 5.74) is -1.01. The zero-order valence-corrected chi connectivity index (χ0v) is 12.3. The predicted molar refractivity (Wildman–Crippen MR) is 73.1 cm³/mol. The Kier molecular flexibility index (Phi) is 4.69. The van der Waals surface area contributed by atoms with E-state index >= 15 is 0 Å². The molecular formula is C12H14F2N2O3S. The topological polar surface area (TPSA) is 72.6 Å². The van der Waals surface area contributed by atoms with E-state index in [1.54, 1.807) is 20.8 Å². The van der Waals surface area contributed by atoms with Crippen LogP contribution in [0.1, 0.15) is 33.3 Å². The highest BCUT2D eigenvalue weighted by atomic mass is 32.2. The molecule has 0 saturated heterocycles. The van der Waals surface area contributed by atoms with Crippen LogP contribution in [0.15, 0.2) is 16.5 Å². The second-order valence-corrected chi connectivity index (χ2v) is 6.99. The molecular weight excluding hydrogens is 290 g/mol. The normalized spacial score (nSPS) is 14.2. The lowest BCUT2D eigenvalue weighted by Gasteiger charge is -2.14. The van der Waals surface area contributed by atoms with Crippen molar-refractivity contribution in [3.63, 3.8) is 0 Å². The quantitative estimate of drug-likeness (QED) is 0.489. The molecule has 0 aliphatic heterocycles. The van der Waals surface area contributed by atoms with Crippen molar-refractivity contribution < 1.29 is 17.9 Å².